The van der Waals surface area contributed by atoms with E-state index < -0.39 is 10.0 Å². The highest BCUT2D eigenvalue weighted by molar-refractivity contribution is 8.18. The molecule has 5 rings (SSSR count). The normalized spacial score (nSPS) is 20.9. The minimum Gasteiger partial charge on any atom is -0.372 e. The van der Waals surface area contributed by atoms with Crippen molar-refractivity contribution in [2.75, 3.05) is 26.2 Å². The molecule has 1 aromatic heterocycles. The van der Waals surface area contributed by atoms with E-state index in [0.717, 1.165) is 5.69 Å². The highest BCUT2D eigenvalue weighted by atomic mass is 32.2. The number of carbonyl (C=O) groups excluding carboxylic acids is 1. The van der Waals surface area contributed by atoms with Gasteiger partial charge in [0, 0.05) is 43.5 Å². The second-order valence-electron chi connectivity index (χ2n) is 9.80. The largest absolute Gasteiger partial charge is 0.372 e. The van der Waals surface area contributed by atoms with Crippen LogP contribution in [0.15, 0.2) is 75.6 Å². The maximum absolute atomic E-state index is 13.3. The zero-order valence-corrected chi connectivity index (χ0v) is 24.7. The summed E-state index contributed by atoms with van der Waals surface area (Å²) in [6.07, 6.45) is 3.74. The van der Waals surface area contributed by atoms with Gasteiger partial charge in [-0.1, -0.05) is 44.2 Å². The van der Waals surface area contributed by atoms with Crippen LogP contribution in [0.3, 0.4) is 0 Å². The molecule has 2 aliphatic heterocycles. The van der Waals surface area contributed by atoms with Gasteiger partial charge in [0.05, 0.1) is 27.7 Å². The first-order valence-electron chi connectivity index (χ1n) is 13.4. The number of carbonyl (C=O) groups is 1. The highest BCUT2D eigenvalue weighted by Crippen LogP contribution is 2.34. The van der Waals surface area contributed by atoms with Crippen molar-refractivity contribution in [2.45, 2.75) is 44.8 Å². The first-order valence-corrected chi connectivity index (χ1v) is 15.6. The fourth-order valence-electron chi connectivity index (χ4n) is 4.96. The Balaban J connectivity index is 1.54. The fraction of sp³-hybridized carbons (Fsp3) is 0.345. The van der Waals surface area contributed by atoms with E-state index in [1.54, 1.807) is 29.0 Å². The van der Waals surface area contributed by atoms with Crippen LogP contribution in [0.4, 0.5) is 0 Å². The van der Waals surface area contributed by atoms with E-state index in [1.165, 1.54) is 16.1 Å². The molecule has 9 nitrogen and oxygen atoms in total. The quantitative estimate of drug-likeness (QED) is 0.376. The summed E-state index contributed by atoms with van der Waals surface area (Å²) < 4.78 is 35.5. The SMILES string of the molecule is CCN(CC)S(=O)(=O)c1cccc(-c2nn(-c3ccccc3)cc2C=C2SC(N3CC(C)OC(C)C3)=NC2=O)c1. The molecule has 11 heteroatoms. The molecular weight excluding hydrogens is 546 g/mol. The predicted octanol–water partition coefficient (Wildman–Crippen LogP) is 4.65. The van der Waals surface area contributed by atoms with E-state index in [0.29, 0.717) is 53.1 Å². The molecule has 2 aromatic carbocycles. The van der Waals surface area contributed by atoms with E-state index in [1.807, 2.05) is 70.3 Å². The predicted molar refractivity (Wildman–Crippen MR) is 159 cm³/mol. The molecule has 0 radical (unpaired) electrons. The van der Waals surface area contributed by atoms with Crippen molar-refractivity contribution in [3.63, 3.8) is 0 Å². The van der Waals surface area contributed by atoms with E-state index in [2.05, 4.69) is 9.89 Å². The molecule has 3 aromatic rings. The summed E-state index contributed by atoms with van der Waals surface area (Å²) in [5.41, 5.74) is 2.75. The van der Waals surface area contributed by atoms with Gasteiger partial charge >= 0.3 is 0 Å². The number of hydrogen-bond acceptors (Lipinski definition) is 7. The maximum Gasteiger partial charge on any atom is 0.286 e. The van der Waals surface area contributed by atoms with Gasteiger partial charge in [0.25, 0.3) is 5.91 Å². The van der Waals surface area contributed by atoms with Crippen molar-refractivity contribution in [1.29, 1.82) is 0 Å². The summed E-state index contributed by atoms with van der Waals surface area (Å²) in [7, 11) is -3.66. The number of thioether (sulfide) groups is 1. The number of amidine groups is 1. The molecule has 1 fully saturated rings. The lowest BCUT2D eigenvalue weighted by Crippen LogP contribution is -2.47. The molecule has 0 saturated carbocycles. The van der Waals surface area contributed by atoms with Gasteiger partial charge < -0.3 is 9.64 Å². The van der Waals surface area contributed by atoms with Crippen LogP contribution < -0.4 is 0 Å². The average molecular weight is 580 g/mol. The topological polar surface area (TPSA) is 97.1 Å². The van der Waals surface area contributed by atoms with E-state index in [4.69, 9.17) is 9.84 Å². The molecule has 0 spiro atoms. The number of aromatic nitrogens is 2. The number of para-hydroxylation sites is 1. The van der Waals surface area contributed by atoms with Crippen molar-refractivity contribution in [2.24, 2.45) is 4.99 Å². The van der Waals surface area contributed by atoms with Crippen molar-refractivity contribution < 1.29 is 17.9 Å². The van der Waals surface area contributed by atoms with Crippen LogP contribution in [0.5, 0.6) is 0 Å². The molecular formula is C29H33N5O4S2. The Morgan fingerprint density at radius 2 is 1.75 bits per heavy atom. The summed E-state index contributed by atoms with van der Waals surface area (Å²) in [5, 5.41) is 5.50. The second-order valence-corrected chi connectivity index (χ2v) is 12.7. The smallest absolute Gasteiger partial charge is 0.286 e. The van der Waals surface area contributed by atoms with Gasteiger partial charge in [-0.3, -0.25) is 4.79 Å². The second kappa shape index (κ2) is 11.7. The van der Waals surface area contributed by atoms with Gasteiger partial charge in [-0.15, -0.1) is 0 Å². The Labute approximate surface area is 239 Å². The number of nitrogens with zero attached hydrogens (tertiary/aromatic N) is 5. The molecule has 1 saturated heterocycles. The molecule has 40 heavy (non-hydrogen) atoms. The number of morpholine rings is 1. The number of sulfonamides is 1. The lowest BCUT2D eigenvalue weighted by atomic mass is 10.1. The summed E-state index contributed by atoms with van der Waals surface area (Å²) in [4.78, 5) is 20.1. The van der Waals surface area contributed by atoms with E-state index in [9.17, 15) is 13.2 Å². The van der Waals surface area contributed by atoms with Crippen molar-refractivity contribution in [3.05, 3.63) is 71.3 Å². The Bertz CT molecular complexity index is 1550. The standard InChI is InChI=1S/C29H33N5O4S2/c1-5-33(6-2)40(36,37)25-14-10-11-22(15-25)27-23(19-34(31-27)24-12-8-7-9-13-24)16-26-28(35)30-29(39-26)32-17-20(3)38-21(4)18-32/h7-16,19-21H,5-6,17-18H2,1-4H3. The number of hydrogen-bond donors (Lipinski definition) is 0. The number of ether oxygens (including phenoxy) is 1. The van der Waals surface area contributed by atoms with Crippen molar-refractivity contribution >= 4 is 38.9 Å². The molecule has 2 unspecified atom stereocenters. The number of amides is 1. The monoisotopic (exact) mass is 579 g/mol. The molecule has 210 valence electrons. The van der Waals surface area contributed by atoms with Crippen LogP contribution in [0.25, 0.3) is 23.0 Å². The number of rotatable bonds is 7. The minimum absolute atomic E-state index is 0.0470. The van der Waals surface area contributed by atoms with Gasteiger partial charge in [0.2, 0.25) is 10.0 Å². The third-order valence-corrected chi connectivity index (χ3v) is 9.89. The Morgan fingerprint density at radius 1 is 1.05 bits per heavy atom. The van der Waals surface area contributed by atoms with Crippen molar-refractivity contribution in [1.82, 2.24) is 19.0 Å². The highest BCUT2D eigenvalue weighted by Gasteiger charge is 2.31. The van der Waals surface area contributed by atoms with Gasteiger partial charge in [-0.2, -0.15) is 14.4 Å². The molecule has 2 aliphatic rings. The van der Waals surface area contributed by atoms with Crippen LogP contribution in [-0.4, -0.2) is 76.9 Å². The first-order chi connectivity index (χ1) is 19.2. The summed E-state index contributed by atoms with van der Waals surface area (Å²) in [6.45, 7) is 9.77. The molecule has 1 amide bonds. The van der Waals surface area contributed by atoms with Gasteiger partial charge in [0.15, 0.2) is 5.17 Å². The summed E-state index contributed by atoms with van der Waals surface area (Å²) in [6, 6.07) is 16.5. The molecule has 0 bridgehead atoms. The van der Waals surface area contributed by atoms with Gasteiger partial charge in [-0.05, 0) is 56.0 Å². The summed E-state index contributed by atoms with van der Waals surface area (Å²) in [5.74, 6) is -0.303. The van der Waals surface area contributed by atoms with Gasteiger partial charge in [0.1, 0.15) is 5.69 Å². The van der Waals surface area contributed by atoms with Crippen LogP contribution in [0.2, 0.25) is 0 Å². The van der Waals surface area contributed by atoms with Crippen LogP contribution in [0, 0.1) is 0 Å². The number of benzene rings is 2. The molecule has 3 heterocycles. The average Bonchev–Trinajstić information content (AvgIpc) is 3.53. The Kier molecular flexibility index (Phi) is 8.27. The van der Waals surface area contributed by atoms with E-state index in [-0.39, 0.29) is 23.0 Å². The van der Waals surface area contributed by atoms with Gasteiger partial charge in [-0.25, -0.2) is 13.1 Å². The molecule has 0 N–H and O–H groups in total. The first kappa shape index (κ1) is 28.3. The third-order valence-electron chi connectivity index (χ3n) is 6.80. The minimum atomic E-state index is -3.66. The lowest BCUT2D eigenvalue weighted by molar-refractivity contribution is -0.113. The maximum atomic E-state index is 13.3. The fourth-order valence-corrected chi connectivity index (χ4v) is 7.38. The Hall–Kier alpha value is -3.25. The van der Waals surface area contributed by atoms with Crippen LogP contribution in [0.1, 0.15) is 33.3 Å². The Morgan fingerprint density at radius 3 is 2.42 bits per heavy atom. The summed E-state index contributed by atoms with van der Waals surface area (Å²) >= 11 is 1.34. The lowest BCUT2D eigenvalue weighted by Gasteiger charge is -2.35. The van der Waals surface area contributed by atoms with E-state index >= 15 is 0 Å². The molecule has 0 aliphatic carbocycles. The number of aliphatic imine (C=N–C) groups is 1. The van der Waals surface area contributed by atoms with Crippen molar-refractivity contribution in [3.8, 4) is 16.9 Å². The third kappa shape index (κ3) is 5.78. The zero-order chi connectivity index (χ0) is 28.4. The zero-order valence-electron chi connectivity index (χ0n) is 23.0. The molecule has 2 atom stereocenters. The van der Waals surface area contributed by atoms with Crippen LogP contribution in [-0.2, 0) is 19.6 Å². The van der Waals surface area contributed by atoms with Crippen LogP contribution >= 0.6 is 11.8 Å².